The van der Waals surface area contributed by atoms with Crippen LogP contribution in [0, 0.1) is 0 Å². The van der Waals surface area contributed by atoms with E-state index in [0.29, 0.717) is 6.54 Å². The lowest BCUT2D eigenvalue weighted by molar-refractivity contribution is -0.182. The summed E-state index contributed by atoms with van der Waals surface area (Å²) in [4.78, 5) is 2.43. The van der Waals surface area contributed by atoms with Gasteiger partial charge >= 0.3 is 0 Å². The van der Waals surface area contributed by atoms with Gasteiger partial charge in [0.15, 0.2) is 0 Å². The lowest BCUT2D eigenvalue weighted by Gasteiger charge is -2.47. The normalized spacial score (nSPS) is 21.2. The van der Waals surface area contributed by atoms with Crippen molar-refractivity contribution in [3.8, 4) is 5.75 Å². The number of rotatable bonds is 4. The zero-order valence-electron chi connectivity index (χ0n) is 13.9. The van der Waals surface area contributed by atoms with E-state index >= 15 is 0 Å². The minimum absolute atomic E-state index is 0.138. The van der Waals surface area contributed by atoms with Gasteiger partial charge in [-0.15, -0.1) is 0 Å². The van der Waals surface area contributed by atoms with Crippen LogP contribution in [0.1, 0.15) is 38.8 Å². The van der Waals surface area contributed by atoms with E-state index in [1.54, 1.807) is 7.11 Å². The summed E-state index contributed by atoms with van der Waals surface area (Å²) in [5.74, 6) is 0.925. The third-order valence-electron chi connectivity index (χ3n) is 3.74. The highest BCUT2D eigenvalue weighted by molar-refractivity contribution is 5.37. The van der Waals surface area contributed by atoms with E-state index in [4.69, 9.17) is 15.2 Å². The molecule has 0 radical (unpaired) electrons. The molecule has 118 valence electrons. The van der Waals surface area contributed by atoms with Crippen LogP contribution in [0.2, 0.25) is 0 Å². The molecule has 2 N–H and O–H groups in total. The van der Waals surface area contributed by atoms with Crippen LogP contribution in [0.5, 0.6) is 5.75 Å². The minimum atomic E-state index is -0.138. The van der Waals surface area contributed by atoms with Crippen LogP contribution in [0.4, 0.5) is 0 Å². The van der Waals surface area contributed by atoms with Crippen LogP contribution < -0.4 is 10.5 Å². The monoisotopic (exact) mass is 292 g/mol. The van der Waals surface area contributed by atoms with Crippen LogP contribution in [0.25, 0.3) is 0 Å². The first-order chi connectivity index (χ1) is 9.74. The molecule has 0 amide bonds. The first-order valence-corrected chi connectivity index (χ1v) is 7.53. The number of nitrogens with zero attached hydrogens (tertiary/aromatic N) is 1. The number of methoxy groups -OCH3 is 1. The van der Waals surface area contributed by atoms with E-state index in [1.165, 1.54) is 5.56 Å². The summed E-state index contributed by atoms with van der Waals surface area (Å²) in [7, 11) is 1.72. The van der Waals surface area contributed by atoms with Gasteiger partial charge in [0.2, 0.25) is 0 Å². The van der Waals surface area contributed by atoms with Gasteiger partial charge < -0.3 is 15.2 Å². The molecule has 4 heteroatoms. The summed E-state index contributed by atoms with van der Waals surface area (Å²) in [6.45, 7) is 11.8. The van der Waals surface area contributed by atoms with Crippen LogP contribution in [-0.4, -0.2) is 36.3 Å². The Morgan fingerprint density at radius 1 is 1.19 bits per heavy atom. The average Bonchev–Trinajstić information content (AvgIpc) is 2.34. The summed E-state index contributed by atoms with van der Waals surface area (Å²) in [5, 5.41) is 0. The molecule has 1 aromatic rings. The smallest absolute Gasteiger partial charge is 0.123 e. The van der Waals surface area contributed by atoms with E-state index in [9.17, 15) is 0 Å². The molecular formula is C17H28N2O2. The molecule has 0 unspecified atom stereocenters. The van der Waals surface area contributed by atoms with Crippen molar-refractivity contribution in [1.82, 2.24) is 4.90 Å². The third kappa shape index (κ3) is 4.19. The molecule has 0 atom stereocenters. The van der Waals surface area contributed by atoms with Crippen molar-refractivity contribution < 1.29 is 9.47 Å². The Labute approximate surface area is 128 Å². The van der Waals surface area contributed by atoms with Crippen molar-refractivity contribution >= 4 is 0 Å². The number of benzene rings is 1. The summed E-state index contributed by atoms with van der Waals surface area (Å²) in [6.07, 6.45) is 0. The van der Waals surface area contributed by atoms with Gasteiger partial charge in [0.25, 0.3) is 0 Å². The van der Waals surface area contributed by atoms with Crippen molar-refractivity contribution in [2.75, 3.05) is 20.2 Å². The molecule has 1 aliphatic rings. The Hall–Kier alpha value is -1.10. The lowest BCUT2D eigenvalue weighted by Crippen LogP contribution is -2.56. The minimum Gasteiger partial charge on any atom is -0.496 e. The molecule has 1 aromatic carbocycles. The molecule has 2 rings (SSSR count). The van der Waals surface area contributed by atoms with Crippen molar-refractivity contribution in [2.45, 2.75) is 52.0 Å². The predicted molar refractivity (Wildman–Crippen MR) is 85.4 cm³/mol. The maximum Gasteiger partial charge on any atom is 0.123 e. The summed E-state index contributed by atoms with van der Waals surface area (Å²) < 4.78 is 11.6. The molecule has 0 aliphatic carbocycles. The number of hydrogen-bond donors (Lipinski definition) is 1. The SMILES string of the molecule is COc1ccc(CN)cc1CN1CC(C)(C)OC(C)(C)C1. The molecule has 1 heterocycles. The van der Waals surface area contributed by atoms with Crippen molar-refractivity contribution in [1.29, 1.82) is 0 Å². The van der Waals surface area contributed by atoms with Gasteiger partial charge in [-0.2, -0.15) is 0 Å². The highest BCUT2D eigenvalue weighted by Crippen LogP contribution is 2.30. The van der Waals surface area contributed by atoms with Gasteiger partial charge in [0, 0.05) is 31.7 Å². The van der Waals surface area contributed by atoms with Crippen LogP contribution in [0.3, 0.4) is 0 Å². The Morgan fingerprint density at radius 2 is 1.81 bits per heavy atom. The molecule has 21 heavy (non-hydrogen) atoms. The summed E-state index contributed by atoms with van der Waals surface area (Å²) in [6, 6.07) is 6.18. The number of hydrogen-bond acceptors (Lipinski definition) is 4. The highest BCUT2D eigenvalue weighted by atomic mass is 16.5. The molecule has 1 saturated heterocycles. The van der Waals surface area contributed by atoms with Crippen molar-refractivity contribution in [3.05, 3.63) is 29.3 Å². The Balaban J connectivity index is 2.20. The van der Waals surface area contributed by atoms with Gasteiger partial charge in [0.1, 0.15) is 5.75 Å². The lowest BCUT2D eigenvalue weighted by atomic mass is 9.98. The van der Waals surface area contributed by atoms with Crippen LogP contribution >= 0.6 is 0 Å². The Bertz CT molecular complexity index is 482. The van der Waals surface area contributed by atoms with Gasteiger partial charge in [-0.3, -0.25) is 4.90 Å². The fraction of sp³-hybridized carbons (Fsp3) is 0.647. The maximum absolute atomic E-state index is 6.14. The Morgan fingerprint density at radius 3 is 2.33 bits per heavy atom. The largest absolute Gasteiger partial charge is 0.496 e. The van der Waals surface area contributed by atoms with E-state index in [1.807, 2.05) is 12.1 Å². The van der Waals surface area contributed by atoms with E-state index < -0.39 is 0 Å². The quantitative estimate of drug-likeness (QED) is 0.926. The van der Waals surface area contributed by atoms with E-state index in [0.717, 1.165) is 30.9 Å². The second-order valence-electron chi connectivity index (χ2n) is 7.12. The molecule has 1 aliphatic heterocycles. The van der Waals surface area contributed by atoms with E-state index in [2.05, 4.69) is 38.7 Å². The zero-order valence-corrected chi connectivity index (χ0v) is 13.9. The molecular weight excluding hydrogens is 264 g/mol. The third-order valence-corrected chi connectivity index (χ3v) is 3.74. The average molecular weight is 292 g/mol. The van der Waals surface area contributed by atoms with Crippen LogP contribution in [-0.2, 0) is 17.8 Å². The zero-order chi connectivity index (χ0) is 15.7. The number of morpholine rings is 1. The fourth-order valence-corrected chi connectivity index (χ4v) is 3.38. The first kappa shape index (κ1) is 16.3. The maximum atomic E-state index is 6.14. The van der Waals surface area contributed by atoms with E-state index in [-0.39, 0.29) is 11.2 Å². The van der Waals surface area contributed by atoms with Gasteiger partial charge in [-0.25, -0.2) is 0 Å². The highest BCUT2D eigenvalue weighted by Gasteiger charge is 2.38. The van der Waals surface area contributed by atoms with Crippen molar-refractivity contribution in [2.24, 2.45) is 5.73 Å². The molecule has 0 saturated carbocycles. The second-order valence-corrected chi connectivity index (χ2v) is 7.12. The Kier molecular flexibility index (Phi) is 4.61. The number of nitrogens with two attached hydrogens (primary N) is 1. The first-order valence-electron chi connectivity index (χ1n) is 7.53. The molecule has 1 fully saturated rings. The van der Waals surface area contributed by atoms with Crippen LogP contribution in [0.15, 0.2) is 18.2 Å². The second kappa shape index (κ2) is 5.95. The molecule has 0 aromatic heterocycles. The predicted octanol–water partition coefficient (Wildman–Crippen LogP) is 2.54. The molecule has 4 nitrogen and oxygen atoms in total. The molecule has 0 bridgehead atoms. The summed E-state index contributed by atoms with van der Waals surface area (Å²) in [5.41, 5.74) is 7.80. The standard InChI is InChI=1S/C17H28N2O2/c1-16(2)11-19(12-17(3,4)21-16)10-14-8-13(9-18)6-7-15(14)20-5/h6-8H,9-12,18H2,1-5H3. The molecule has 0 spiro atoms. The number of ether oxygens (including phenoxy) is 2. The van der Waals surface area contributed by atoms with Gasteiger partial charge in [0.05, 0.1) is 18.3 Å². The van der Waals surface area contributed by atoms with Crippen molar-refractivity contribution in [3.63, 3.8) is 0 Å². The van der Waals surface area contributed by atoms with Gasteiger partial charge in [-0.1, -0.05) is 6.07 Å². The van der Waals surface area contributed by atoms with Gasteiger partial charge in [-0.05, 0) is 45.4 Å². The fourth-order valence-electron chi connectivity index (χ4n) is 3.38. The summed E-state index contributed by atoms with van der Waals surface area (Å²) >= 11 is 0. The topological polar surface area (TPSA) is 47.7 Å².